The minimum Gasteiger partial charge on any atom is -0.444 e. The van der Waals surface area contributed by atoms with Gasteiger partial charge >= 0.3 is 6.09 Å². The van der Waals surface area contributed by atoms with Gasteiger partial charge in [-0.15, -0.1) is 0 Å². The molecule has 2 unspecified atom stereocenters. The monoisotopic (exact) mass is 370 g/mol. The van der Waals surface area contributed by atoms with Crippen LogP contribution in [0.2, 0.25) is 0 Å². The second-order valence-corrected chi connectivity index (χ2v) is 8.87. The third kappa shape index (κ3) is 8.74. The normalized spacial score (nSPS) is 21.9. The van der Waals surface area contributed by atoms with Crippen molar-refractivity contribution in [2.45, 2.75) is 66.1 Å². The van der Waals surface area contributed by atoms with Crippen LogP contribution in [0.4, 0.5) is 4.79 Å². The molecular weight excluding hydrogens is 332 g/mol. The van der Waals surface area contributed by atoms with E-state index in [-0.39, 0.29) is 11.5 Å². The fourth-order valence-corrected chi connectivity index (χ4v) is 3.12. The maximum Gasteiger partial charge on any atom is 0.407 e. The topological polar surface area (TPSA) is 84.0 Å². The van der Waals surface area contributed by atoms with E-state index >= 15 is 0 Å². The van der Waals surface area contributed by atoms with Crippen molar-refractivity contribution in [2.24, 2.45) is 16.3 Å². The molecule has 1 fully saturated rings. The molecule has 0 aromatic rings. The molecule has 0 aromatic carbocycles. The maximum atomic E-state index is 11.6. The van der Waals surface area contributed by atoms with E-state index in [0.717, 1.165) is 32.0 Å². The van der Waals surface area contributed by atoms with Crippen LogP contribution in [0, 0.1) is 11.3 Å². The lowest BCUT2D eigenvalue weighted by molar-refractivity contribution is -0.0835. The van der Waals surface area contributed by atoms with Crippen LogP contribution in [-0.4, -0.2) is 57.0 Å². The van der Waals surface area contributed by atoms with E-state index in [4.69, 9.17) is 9.47 Å². The Kier molecular flexibility index (Phi) is 8.67. The second kappa shape index (κ2) is 10.00. The zero-order chi connectivity index (χ0) is 19.8. The molecule has 0 aliphatic carbocycles. The molecule has 7 nitrogen and oxygen atoms in total. The molecule has 0 bridgehead atoms. The molecule has 1 aliphatic heterocycles. The number of ether oxygens (including phenoxy) is 2. The van der Waals surface area contributed by atoms with Gasteiger partial charge in [-0.1, -0.05) is 20.8 Å². The Bertz CT molecular complexity index is 466. The number of carbonyl (C=O) groups is 1. The molecule has 0 radical (unpaired) electrons. The standard InChI is InChI=1S/C19H38N4O3/c1-18(2,3)15-14(9-8-12-25-15)13-23-16(20-7)21-10-11-22-17(24)26-19(4,5)6/h14-15H,8-13H2,1-7H3,(H,22,24)(H2,20,21,23). The van der Waals surface area contributed by atoms with Gasteiger partial charge in [-0.2, -0.15) is 0 Å². The summed E-state index contributed by atoms with van der Waals surface area (Å²) in [6.07, 6.45) is 2.10. The molecular formula is C19H38N4O3. The molecule has 26 heavy (non-hydrogen) atoms. The minimum atomic E-state index is -0.485. The second-order valence-electron chi connectivity index (χ2n) is 8.87. The third-order valence-electron chi connectivity index (χ3n) is 4.14. The molecule has 152 valence electrons. The Hall–Kier alpha value is -1.50. The van der Waals surface area contributed by atoms with Crippen molar-refractivity contribution in [3.63, 3.8) is 0 Å². The van der Waals surface area contributed by atoms with E-state index in [0.29, 0.717) is 19.0 Å². The molecule has 3 N–H and O–H groups in total. The van der Waals surface area contributed by atoms with Gasteiger partial charge < -0.3 is 25.4 Å². The van der Waals surface area contributed by atoms with E-state index < -0.39 is 11.7 Å². The predicted octanol–water partition coefficient (Wildman–Crippen LogP) is 2.52. The van der Waals surface area contributed by atoms with Gasteiger partial charge in [-0.05, 0) is 39.0 Å². The van der Waals surface area contributed by atoms with E-state index in [2.05, 4.69) is 41.7 Å². The summed E-state index contributed by atoms with van der Waals surface area (Å²) in [6.45, 7) is 14.9. The number of rotatable bonds is 5. The number of aliphatic imine (C=N–C) groups is 1. The van der Waals surface area contributed by atoms with Crippen molar-refractivity contribution in [1.82, 2.24) is 16.0 Å². The lowest BCUT2D eigenvalue weighted by Gasteiger charge is -2.40. The van der Waals surface area contributed by atoms with Gasteiger partial charge in [0.05, 0.1) is 6.10 Å². The number of carbonyl (C=O) groups excluding carboxylic acids is 1. The zero-order valence-corrected chi connectivity index (χ0v) is 17.6. The van der Waals surface area contributed by atoms with Crippen molar-refractivity contribution < 1.29 is 14.3 Å². The van der Waals surface area contributed by atoms with Crippen LogP contribution in [0.3, 0.4) is 0 Å². The number of guanidine groups is 1. The first kappa shape index (κ1) is 22.5. The molecule has 7 heteroatoms. The summed E-state index contributed by atoms with van der Waals surface area (Å²) >= 11 is 0. The highest BCUT2D eigenvalue weighted by Gasteiger charge is 2.35. The fraction of sp³-hybridized carbons (Fsp3) is 0.895. The molecule has 1 rings (SSSR count). The van der Waals surface area contributed by atoms with Crippen molar-refractivity contribution in [3.8, 4) is 0 Å². The highest BCUT2D eigenvalue weighted by Crippen LogP contribution is 2.33. The molecule has 0 aromatic heterocycles. The smallest absolute Gasteiger partial charge is 0.407 e. The first-order valence-electron chi connectivity index (χ1n) is 9.56. The molecule has 1 saturated heterocycles. The Labute approximate surface area is 158 Å². The zero-order valence-electron chi connectivity index (χ0n) is 17.6. The summed E-state index contributed by atoms with van der Waals surface area (Å²) in [6, 6.07) is 0. The highest BCUT2D eigenvalue weighted by atomic mass is 16.6. The quantitative estimate of drug-likeness (QED) is 0.393. The molecule has 0 saturated carbocycles. The Morgan fingerprint density at radius 3 is 2.35 bits per heavy atom. The first-order chi connectivity index (χ1) is 12.0. The van der Waals surface area contributed by atoms with Gasteiger partial charge in [-0.3, -0.25) is 4.99 Å². The van der Waals surface area contributed by atoms with Crippen molar-refractivity contribution in [1.29, 1.82) is 0 Å². The van der Waals surface area contributed by atoms with Crippen molar-refractivity contribution in [3.05, 3.63) is 0 Å². The average Bonchev–Trinajstić information content (AvgIpc) is 2.52. The SMILES string of the molecule is CN=C(NCCNC(=O)OC(C)(C)C)NCC1CCCOC1C(C)(C)C. The van der Waals surface area contributed by atoms with Crippen LogP contribution in [0.5, 0.6) is 0 Å². The number of amides is 1. The van der Waals surface area contributed by atoms with E-state index in [9.17, 15) is 4.79 Å². The maximum absolute atomic E-state index is 11.6. The molecule has 0 spiro atoms. The van der Waals surface area contributed by atoms with Crippen LogP contribution in [0.25, 0.3) is 0 Å². The predicted molar refractivity (Wildman–Crippen MR) is 106 cm³/mol. The average molecular weight is 371 g/mol. The van der Waals surface area contributed by atoms with Crippen LogP contribution in [0.1, 0.15) is 54.4 Å². The summed E-state index contributed by atoms with van der Waals surface area (Å²) in [5.74, 6) is 1.19. The minimum absolute atomic E-state index is 0.126. The van der Waals surface area contributed by atoms with Crippen LogP contribution in [-0.2, 0) is 9.47 Å². The number of nitrogens with zero attached hydrogens (tertiary/aromatic N) is 1. The number of nitrogens with one attached hydrogen (secondary N) is 3. The first-order valence-corrected chi connectivity index (χ1v) is 9.56. The fourth-order valence-electron chi connectivity index (χ4n) is 3.12. The summed E-state index contributed by atoms with van der Waals surface area (Å²) in [4.78, 5) is 15.9. The van der Waals surface area contributed by atoms with Crippen molar-refractivity contribution in [2.75, 3.05) is 33.3 Å². The van der Waals surface area contributed by atoms with E-state index in [1.165, 1.54) is 0 Å². The Morgan fingerprint density at radius 1 is 1.12 bits per heavy atom. The lowest BCUT2D eigenvalue weighted by atomic mass is 9.78. The lowest BCUT2D eigenvalue weighted by Crippen LogP contribution is -2.48. The number of alkyl carbamates (subject to hydrolysis) is 1. The largest absolute Gasteiger partial charge is 0.444 e. The molecule has 1 amide bonds. The number of hydrogen-bond acceptors (Lipinski definition) is 4. The van der Waals surface area contributed by atoms with E-state index in [1.807, 2.05) is 20.8 Å². The number of hydrogen-bond donors (Lipinski definition) is 3. The Morgan fingerprint density at radius 2 is 1.77 bits per heavy atom. The van der Waals surface area contributed by atoms with Gasteiger partial charge in [0.15, 0.2) is 5.96 Å². The summed E-state index contributed by atoms with van der Waals surface area (Å²) in [7, 11) is 1.75. The summed E-state index contributed by atoms with van der Waals surface area (Å²) in [5.41, 5.74) is -0.359. The van der Waals surface area contributed by atoms with Gasteiger partial charge in [0, 0.05) is 39.2 Å². The third-order valence-corrected chi connectivity index (χ3v) is 4.14. The van der Waals surface area contributed by atoms with Gasteiger partial charge in [0.1, 0.15) is 5.60 Å². The van der Waals surface area contributed by atoms with Crippen LogP contribution < -0.4 is 16.0 Å². The van der Waals surface area contributed by atoms with Crippen LogP contribution >= 0.6 is 0 Å². The molecule has 1 aliphatic rings. The highest BCUT2D eigenvalue weighted by molar-refractivity contribution is 5.79. The van der Waals surface area contributed by atoms with Gasteiger partial charge in [0.25, 0.3) is 0 Å². The van der Waals surface area contributed by atoms with Gasteiger partial charge in [-0.25, -0.2) is 4.79 Å². The summed E-state index contributed by atoms with van der Waals surface area (Å²) in [5, 5.41) is 9.32. The van der Waals surface area contributed by atoms with Gasteiger partial charge in [0.2, 0.25) is 0 Å². The molecule has 2 atom stereocenters. The Balaban J connectivity index is 2.33. The van der Waals surface area contributed by atoms with E-state index in [1.54, 1.807) is 7.05 Å². The molecule has 1 heterocycles. The van der Waals surface area contributed by atoms with Crippen molar-refractivity contribution >= 4 is 12.1 Å². The summed E-state index contributed by atoms with van der Waals surface area (Å²) < 4.78 is 11.2. The van der Waals surface area contributed by atoms with Crippen LogP contribution in [0.15, 0.2) is 4.99 Å².